The van der Waals surface area contributed by atoms with Crippen LogP contribution in [0.15, 0.2) is 42.5 Å². The largest absolute Gasteiger partial charge is 0.354 e. The van der Waals surface area contributed by atoms with E-state index in [4.69, 9.17) is 10.5 Å². The number of nitrogens with one attached hydrogen (secondary N) is 1. The fraction of sp³-hybridized carbons (Fsp3) is 0.0588. The number of benzene rings is 2. The topological polar surface area (TPSA) is 63.4 Å². The molecule has 0 fully saturated rings. The molecule has 94 valence electrons. The van der Waals surface area contributed by atoms with Crippen LogP contribution in [0.25, 0.3) is 22.2 Å². The van der Waals surface area contributed by atoms with Crippen molar-refractivity contribution in [2.75, 3.05) is 0 Å². The molecule has 0 bridgehead atoms. The van der Waals surface area contributed by atoms with Crippen molar-refractivity contribution in [1.29, 1.82) is 10.5 Å². The van der Waals surface area contributed by atoms with Crippen molar-refractivity contribution in [1.82, 2.24) is 4.98 Å². The van der Waals surface area contributed by atoms with Gasteiger partial charge in [-0.2, -0.15) is 10.5 Å². The molecule has 3 heteroatoms. The van der Waals surface area contributed by atoms with E-state index in [0.717, 1.165) is 22.2 Å². The molecule has 1 heterocycles. The van der Waals surface area contributed by atoms with Crippen molar-refractivity contribution >= 4 is 10.9 Å². The number of nitriles is 2. The van der Waals surface area contributed by atoms with Gasteiger partial charge in [0.25, 0.3) is 0 Å². The van der Waals surface area contributed by atoms with Gasteiger partial charge in [-0.1, -0.05) is 29.8 Å². The molecule has 0 saturated heterocycles. The molecule has 0 atom stereocenters. The van der Waals surface area contributed by atoms with Crippen molar-refractivity contribution in [3.63, 3.8) is 0 Å². The Kier molecular flexibility index (Phi) is 2.75. The molecule has 0 aliphatic rings. The van der Waals surface area contributed by atoms with Gasteiger partial charge in [0.2, 0.25) is 0 Å². The monoisotopic (exact) mass is 257 g/mol. The Balaban J connectivity index is 2.19. The molecule has 2 aromatic carbocycles. The number of aromatic amines is 1. The van der Waals surface area contributed by atoms with Crippen LogP contribution >= 0.6 is 0 Å². The smallest absolute Gasteiger partial charge is 0.101 e. The van der Waals surface area contributed by atoms with E-state index < -0.39 is 0 Å². The van der Waals surface area contributed by atoms with Gasteiger partial charge in [0.1, 0.15) is 12.1 Å². The van der Waals surface area contributed by atoms with Crippen LogP contribution in [0.5, 0.6) is 0 Å². The van der Waals surface area contributed by atoms with Gasteiger partial charge >= 0.3 is 0 Å². The molecule has 3 rings (SSSR count). The molecule has 3 aromatic rings. The molecule has 1 N–H and O–H groups in total. The SMILES string of the molecule is Cc1ccc(-c2cc3cc(C#N)c(C#N)cc3[nH]2)cc1. The van der Waals surface area contributed by atoms with Crippen molar-refractivity contribution in [2.45, 2.75) is 6.92 Å². The fourth-order valence-electron chi connectivity index (χ4n) is 2.25. The van der Waals surface area contributed by atoms with Crippen LogP contribution in [0.4, 0.5) is 0 Å². The maximum absolute atomic E-state index is 9.05. The maximum Gasteiger partial charge on any atom is 0.101 e. The Bertz CT molecular complexity index is 820. The minimum atomic E-state index is 0.400. The minimum Gasteiger partial charge on any atom is -0.354 e. The lowest BCUT2D eigenvalue weighted by molar-refractivity contribution is 1.41. The van der Waals surface area contributed by atoms with Crippen LogP contribution < -0.4 is 0 Å². The number of rotatable bonds is 1. The van der Waals surface area contributed by atoms with E-state index in [1.165, 1.54) is 5.56 Å². The predicted octanol–water partition coefficient (Wildman–Crippen LogP) is 3.89. The molecule has 0 aliphatic carbocycles. The second-order valence-corrected chi connectivity index (χ2v) is 4.76. The number of hydrogen-bond donors (Lipinski definition) is 1. The third kappa shape index (κ3) is 1.92. The second kappa shape index (κ2) is 4.57. The Morgan fingerprint density at radius 1 is 0.900 bits per heavy atom. The summed E-state index contributed by atoms with van der Waals surface area (Å²) in [6, 6.07) is 17.8. The Morgan fingerprint density at radius 2 is 1.55 bits per heavy atom. The zero-order valence-corrected chi connectivity index (χ0v) is 10.9. The second-order valence-electron chi connectivity index (χ2n) is 4.76. The van der Waals surface area contributed by atoms with Crippen molar-refractivity contribution in [3.8, 4) is 23.4 Å². The van der Waals surface area contributed by atoms with Gasteiger partial charge in [-0.3, -0.25) is 0 Å². The number of aromatic nitrogens is 1. The van der Waals surface area contributed by atoms with Crippen LogP contribution in [0.3, 0.4) is 0 Å². The highest BCUT2D eigenvalue weighted by atomic mass is 14.7. The molecule has 1 aromatic heterocycles. The number of aryl methyl sites for hydroxylation is 1. The predicted molar refractivity (Wildman–Crippen MR) is 77.9 cm³/mol. The van der Waals surface area contributed by atoms with Crippen LogP contribution in [0.1, 0.15) is 16.7 Å². The molecule has 0 radical (unpaired) electrons. The van der Waals surface area contributed by atoms with Crippen LogP contribution in [-0.2, 0) is 0 Å². The lowest BCUT2D eigenvalue weighted by Gasteiger charge is -1.98. The average molecular weight is 257 g/mol. The number of H-pyrrole nitrogens is 1. The van der Waals surface area contributed by atoms with Crippen molar-refractivity contribution in [2.24, 2.45) is 0 Å². The third-order valence-corrected chi connectivity index (χ3v) is 3.36. The van der Waals surface area contributed by atoms with Gasteiger partial charge in [-0.25, -0.2) is 0 Å². The number of hydrogen-bond acceptors (Lipinski definition) is 2. The molecule has 0 saturated carbocycles. The summed E-state index contributed by atoms with van der Waals surface area (Å²) in [5, 5.41) is 19.0. The molecule has 0 amide bonds. The highest BCUT2D eigenvalue weighted by Gasteiger charge is 2.08. The molecule has 3 nitrogen and oxygen atoms in total. The molecule has 0 aliphatic heterocycles. The van der Waals surface area contributed by atoms with Gasteiger partial charge in [0.05, 0.1) is 11.1 Å². The van der Waals surface area contributed by atoms with E-state index in [9.17, 15) is 0 Å². The maximum atomic E-state index is 9.05. The van der Waals surface area contributed by atoms with E-state index >= 15 is 0 Å². The van der Waals surface area contributed by atoms with E-state index in [-0.39, 0.29) is 0 Å². The first kappa shape index (κ1) is 12.0. The van der Waals surface area contributed by atoms with Crippen LogP contribution in [0.2, 0.25) is 0 Å². The van der Waals surface area contributed by atoms with E-state index in [0.29, 0.717) is 11.1 Å². The number of nitrogens with zero attached hydrogens (tertiary/aromatic N) is 2. The van der Waals surface area contributed by atoms with Gasteiger partial charge in [0.15, 0.2) is 0 Å². The van der Waals surface area contributed by atoms with Crippen molar-refractivity contribution in [3.05, 3.63) is 59.2 Å². The lowest BCUT2D eigenvalue weighted by Crippen LogP contribution is -1.83. The lowest BCUT2D eigenvalue weighted by atomic mass is 10.1. The van der Waals surface area contributed by atoms with Crippen LogP contribution in [0, 0.1) is 29.6 Å². The summed E-state index contributed by atoms with van der Waals surface area (Å²) in [7, 11) is 0. The molecule has 0 unspecified atom stereocenters. The van der Waals surface area contributed by atoms with E-state index in [1.54, 1.807) is 12.1 Å². The van der Waals surface area contributed by atoms with E-state index in [1.807, 2.05) is 13.0 Å². The summed E-state index contributed by atoms with van der Waals surface area (Å²) in [5.74, 6) is 0. The molecule has 0 spiro atoms. The summed E-state index contributed by atoms with van der Waals surface area (Å²) >= 11 is 0. The van der Waals surface area contributed by atoms with Gasteiger partial charge in [-0.05, 0) is 30.7 Å². The summed E-state index contributed by atoms with van der Waals surface area (Å²) in [5.41, 5.74) is 4.97. The summed E-state index contributed by atoms with van der Waals surface area (Å²) in [4.78, 5) is 3.30. The van der Waals surface area contributed by atoms with Gasteiger partial charge in [-0.15, -0.1) is 0 Å². The third-order valence-electron chi connectivity index (χ3n) is 3.36. The fourth-order valence-corrected chi connectivity index (χ4v) is 2.25. The molecular formula is C17H11N3. The Morgan fingerprint density at radius 3 is 2.20 bits per heavy atom. The minimum absolute atomic E-state index is 0.400. The Labute approximate surface area is 116 Å². The number of fused-ring (bicyclic) bond motifs is 1. The van der Waals surface area contributed by atoms with Crippen molar-refractivity contribution < 1.29 is 0 Å². The first-order valence-electron chi connectivity index (χ1n) is 6.25. The quantitative estimate of drug-likeness (QED) is 0.718. The summed E-state index contributed by atoms with van der Waals surface area (Å²) in [6.45, 7) is 2.05. The zero-order valence-electron chi connectivity index (χ0n) is 10.9. The highest BCUT2D eigenvalue weighted by molar-refractivity contribution is 5.88. The normalized spacial score (nSPS) is 10.2. The molecular weight excluding hydrogens is 246 g/mol. The first-order valence-corrected chi connectivity index (χ1v) is 6.25. The zero-order chi connectivity index (χ0) is 14.1. The standard InChI is InChI=1S/C17H11N3/c1-11-2-4-12(5-3-11)16-7-13-6-14(9-18)15(10-19)8-17(13)20-16/h2-8,20H,1H3. The molecule has 20 heavy (non-hydrogen) atoms. The van der Waals surface area contributed by atoms with Gasteiger partial charge in [0, 0.05) is 16.6 Å². The summed E-state index contributed by atoms with van der Waals surface area (Å²) in [6.07, 6.45) is 0. The average Bonchev–Trinajstić information content (AvgIpc) is 2.89. The highest BCUT2D eigenvalue weighted by Crippen LogP contribution is 2.26. The van der Waals surface area contributed by atoms with Crippen LogP contribution in [-0.4, -0.2) is 4.98 Å². The first-order chi connectivity index (χ1) is 9.71. The van der Waals surface area contributed by atoms with E-state index in [2.05, 4.69) is 41.4 Å². The summed E-state index contributed by atoms with van der Waals surface area (Å²) < 4.78 is 0. The van der Waals surface area contributed by atoms with Gasteiger partial charge < -0.3 is 4.98 Å². The Hall–Kier alpha value is -3.04.